The number of amides is 1. The fraction of sp³-hybridized carbons (Fsp3) is 0.0769. The lowest BCUT2D eigenvalue weighted by Crippen LogP contribution is -2.04. The number of hydrogen-bond donors (Lipinski definition) is 1. The Bertz CT molecular complexity index is 579. The van der Waals surface area contributed by atoms with Crippen molar-refractivity contribution in [2.45, 2.75) is 6.18 Å². The van der Waals surface area contributed by atoms with Gasteiger partial charge in [-0.05, 0) is 24.3 Å². The summed E-state index contributed by atoms with van der Waals surface area (Å²) in [6, 6.07) is 7.85. The molecular formula is C13H9F3N2O. The van der Waals surface area contributed by atoms with Crippen LogP contribution in [-0.4, -0.2) is 11.4 Å². The van der Waals surface area contributed by atoms with Gasteiger partial charge in [0.2, 0.25) is 6.41 Å². The van der Waals surface area contributed by atoms with Crippen molar-refractivity contribution in [2.24, 2.45) is 0 Å². The van der Waals surface area contributed by atoms with Crippen molar-refractivity contribution >= 4 is 12.1 Å². The van der Waals surface area contributed by atoms with Crippen LogP contribution in [0.1, 0.15) is 5.56 Å². The number of benzene rings is 1. The highest BCUT2D eigenvalue weighted by molar-refractivity contribution is 5.74. The molecule has 0 aliphatic heterocycles. The second kappa shape index (κ2) is 5.09. The molecule has 0 saturated heterocycles. The summed E-state index contributed by atoms with van der Waals surface area (Å²) in [6.07, 6.45) is -2.36. The van der Waals surface area contributed by atoms with E-state index in [4.69, 9.17) is 0 Å². The Morgan fingerprint density at radius 1 is 1.11 bits per heavy atom. The maximum atomic E-state index is 12.4. The van der Waals surface area contributed by atoms with Gasteiger partial charge in [0.05, 0.1) is 11.3 Å². The zero-order valence-corrected chi connectivity index (χ0v) is 9.61. The fourth-order valence-electron chi connectivity index (χ4n) is 1.58. The van der Waals surface area contributed by atoms with Crippen LogP contribution in [0.5, 0.6) is 0 Å². The molecule has 0 fully saturated rings. The van der Waals surface area contributed by atoms with Crippen LogP contribution in [0.2, 0.25) is 0 Å². The molecule has 0 radical (unpaired) electrons. The van der Waals surface area contributed by atoms with Gasteiger partial charge in [-0.25, -0.2) is 0 Å². The normalized spacial score (nSPS) is 11.1. The molecule has 1 aromatic heterocycles. The van der Waals surface area contributed by atoms with Crippen molar-refractivity contribution in [3.63, 3.8) is 0 Å². The number of anilines is 1. The summed E-state index contributed by atoms with van der Waals surface area (Å²) in [4.78, 5) is 14.4. The molecule has 2 rings (SSSR count). The average molecular weight is 266 g/mol. The number of nitrogens with zero attached hydrogens (tertiary/aromatic N) is 1. The molecule has 98 valence electrons. The Kier molecular flexibility index (Phi) is 3.50. The molecule has 0 unspecified atom stereocenters. The van der Waals surface area contributed by atoms with Crippen LogP contribution in [0.15, 0.2) is 42.6 Å². The van der Waals surface area contributed by atoms with Crippen LogP contribution in [0.4, 0.5) is 18.9 Å². The number of rotatable bonds is 3. The summed E-state index contributed by atoms with van der Waals surface area (Å²) in [6.45, 7) is 0. The zero-order chi connectivity index (χ0) is 13.9. The van der Waals surface area contributed by atoms with Crippen molar-refractivity contribution in [1.29, 1.82) is 0 Å². The molecule has 2 aromatic rings. The summed E-state index contributed by atoms with van der Waals surface area (Å²) < 4.78 is 37.3. The van der Waals surface area contributed by atoms with Gasteiger partial charge in [-0.2, -0.15) is 13.2 Å². The number of pyridine rings is 1. The minimum atomic E-state index is -4.35. The second-order valence-corrected chi connectivity index (χ2v) is 3.77. The smallest absolute Gasteiger partial charge is 0.329 e. The molecule has 3 nitrogen and oxygen atoms in total. The molecule has 0 saturated carbocycles. The van der Waals surface area contributed by atoms with E-state index in [1.54, 1.807) is 12.1 Å². The maximum Gasteiger partial charge on any atom is 0.416 e. The van der Waals surface area contributed by atoms with Gasteiger partial charge in [0.1, 0.15) is 0 Å². The summed E-state index contributed by atoms with van der Waals surface area (Å²) >= 11 is 0. The van der Waals surface area contributed by atoms with E-state index in [0.29, 0.717) is 23.4 Å². The molecule has 1 N–H and O–H groups in total. The predicted octanol–water partition coefficient (Wildman–Crippen LogP) is 3.34. The minimum absolute atomic E-state index is 0.487. The highest BCUT2D eigenvalue weighted by Gasteiger charge is 2.29. The molecule has 0 aliphatic carbocycles. The molecule has 1 amide bonds. The van der Waals surface area contributed by atoms with Crippen molar-refractivity contribution in [3.8, 4) is 11.3 Å². The van der Waals surface area contributed by atoms with E-state index in [2.05, 4.69) is 10.3 Å². The highest BCUT2D eigenvalue weighted by Crippen LogP contribution is 2.30. The van der Waals surface area contributed by atoms with Crippen LogP contribution in [-0.2, 0) is 11.0 Å². The lowest BCUT2D eigenvalue weighted by atomic mass is 10.1. The van der Waals surface area contributed by atoms with Gasteiger partial charge in [-0.3, -0.25) is 9.78 Å². The molecule has 0 bridgehead atoms. The van der Waals surface area contributed by atoms with Gasteiger partial charge >= 0.3 is 6.18 Å². The Morgan fingerprint density at radius 3 is 2.37 bits per heavy atom. The first-order valence-electron chi connectivity index (χ1n) is 5.34. The van der Waals surface area contributed by atoms with Gasteiger partial charge in [-0.1, -0.05) is 12.1 Å². The van der Waals surface area contributed by atoms with Crippen LogP contribution in [0.25, 0.3) is 11.3 Å². The highest BCUT2D eigenvalue weighted by atomic mass is 19.4. The first kappa shape index (κ1) is 13.1. The zero-order valence-electron chi connectivity index (χ0n) is 9.61. The number of carbonyl (C=O) groups is 1. The third-order valence-electron chi connectivity index (χ3n) is 2.49. The van der Waals surface area contributed by atoms with Crippen molar-refractivity contribution in [1.82, 2.24) is 4.98 Å². The quantitative estimate of drug-likeness (QED) is 0.866. The Hall–Kier alpha value is -2.37. The molecule has 0 aliphatic rings. The van der Waals surface area contributed by atoms with E-state index in [1.807, 2.05) is 0 Å². The first-order valence-corrected chi connectivity index (χ1v) is 5.34. The average Bonchev–Trinajstić information content (AvgIpc) is 2.39. The molecule has 0 spiro atoms. The minimum Gasteiger partial charge on any atom is -0.329 e. The summed E-state index contributed by atoms with van der Waals surface area (Å²) in [5.74, 6) is 0. The van der Waals surface area contributed by atoms with Crippen LogP contribution < -0.4 is 5.32 Å². The number of carbonyl (C=O) groups excluding carboxylic acids is 1. The predicted molar refractivity (Wildman–Crippen MR) is 64.4 cm³/mol. The third kappa shape index (κ3) is 3.09. The lowest BCUT2D eigenvalue weighted by Gasteiger charge is -2.08. The molecule has 1 heterocycles. The first-order chi connectivity index (χ1) is 9.00. The van der Waals surface area contributed by atoms with Crippen LogP contribution in [0.3, 0.4) is 0 Å². The van der Waals surface area contributed by atoms with E-state index < -0.39 is 11.7 Å². The summed E-state index contributed by atoms with van der Waals surface area (Å²) in [5.41, 5.74) is 0.849. The molecule has 6 heteroatoms. The number of aromatic nitrogens is 1. The van der Waals surface area contributed by atoms with Gasteiger partial charge in [0.25, 0.3) is 0 Å². The van der Waals surface area contributed by atoms with E-state index in [0.717, 1.165) is 12.1 Å². The second-order valence-electron chi connectivity index (χ2n) is 3.77. The fourth-order valence-corrected chi connectivity index (χ4v) is 1.58. The third-order valence-corrected chi connectivity index (χ3v) is 2.49. The molecule has 0 atom stereocenters. The Labute approximate surface area is 107 Å². The SMILES string of the molecule is O=CNc1ccnc(-c2ccc(C(F)(F)F)cc2)c1. The largest absolute Gasteiger partial charge is 0.416 e. The monoisotopic (exact) mass is 266 g/mol. The standard InChI is InChI=1S/C13H9F3N2O/c14-13(15,16)10-3-1-9(2-4-10)12-7-11(18-8-19)5-6-17-12/h1-8H,(H,17,18,19). The van der Waals surface area contributed by atoms with Gasteiger partial charge in [0.15, 0.2) is 0 Å². The van der Waals surface area contributed by atoms with E-state index in [1.165, 1.54) is 18.3 Å². The van der Waals surface area contributed by atoms with E-state index in [9.17, 15) is 18.0 Å². The number of nitrogens with one attached hydrogen (secondary N) is 1. The van der Waals surface area contributed by atoms with E-state index >= 15 is 0 Å². The van der Waals surface area contributed by atoms with Crippen LogP contribution >= 0.6 is 0 Å². The lowest BCUT2D eigenvalue weighted by molar-refractivity contribution is -0.137. The van der Waals surface area contributed by atoms with Crippen molar-refractivity contribution < 1.29 is 18.0 Å². The summed E-state index contributed by atoms with van der Waals surface area (Å²) in [5, 5.41) is 2.45. The van der Waals surface area contributed by atoms with Gasteiger partial charge < -0.3 is 5.32 Å². The van der Waals surface area contributed by atoms with Crippen molar-refractivity contribution in [2.75, 3.05) is 5.32 Å². The Morgan fingerprint density at radius 2 is 1.79 bits per heavy atom. The van der Waals surface area contributed by atoms with Gasteiger partial charge in [0, 0.05) is 17.4 Å². The maximum absolute atomic E-state index is 12.4. The molecular weight excluding hydrogens is 257 g/mol. The Balaban J connectivity index is 2.32. The van der Waals surface area contributed by atoms with Crippen molar-refractivity contribution in [3.05, 3.63) is 48.2 Å². The number of halogens is 3. The topological polar surface area (TPSA) is 42.0 Å². The number of alkyl halides is 3. The number of hydrogen-bond acceptors (Lipinski definition) is 2. The molecule has 1 aromatic carbocycles. The van der Waals surface area contributed by atoms with E-state index in [-0.39, 0.29) is 0 Å². The summed E-state index contributed by atoms with van der Waals surface area (Å²) in [7, 11) is 0. The van der Waals surface area contributed by atoms with Crippen LogP contribution in [0, 0.1) is 0 Å². The molecule has 19 heavy (non-hydrogen) atoms. The van der Waals surface area contributed by atoms with Gasteiger partial charge in [-0.15, -0.1) is 0 Å².